The number of aromatic nitrogens is 1. The van der Waals surface area contributed by atoms with Crippen LogP contribution in [-0.4, -0.2) is 36.2 Å². The van der Waals surface area contributed by atoms with Gasteiger partial charge in [0.05, 0.1) is 5.69 Å². The van der Waals surface area contributed by atoms with Gasteiger partial charge in [0.15, 0.2) is 5.96 Å². The van der Waals surface area contributed by atoms with Gasteiger partial charge in [-0.25, -0.2) is 0 Å². The van der Waals surface area contributed by atoms with E-state index in [1.165, 1.54) is 11.1 Å². The Hall–Kier alpha value is -1.82. The summed E-state index contributed by atoms with van der Waals surface area (Å²) in [5.74, 6) is 2.10. The highest BCUT2D eigenvalue weighted by molar-refractivity contribution is 7.07. The quantitative estimate of drug-likeness (QED) is 0.648. The van der Waals surface area contributed by atoms with E-state index in [2.05, 4.69) is 53.1 Å². The largest absolute Gasteiger partial charge is 0.361 e. The zero-order chi connectivity index (χ0) is 16.8. The fraction of sp³-hybridized carbons (Fsp3) is 0.529. The summed E-state index contributed by atoms with van der Waals surface area (Å²) < 4.78 is 5.26. The first-order valence-corrected chi connectivity index (χ1v) is 8.90. The molecule has 0 radical (unpaired) electrons. The zero-order valence-corrected chi connectivity index (χ0v) is 15.4. The topological polar surface area (TPSA) is 53.7 Å². The molecule has 1 N–H and O–H groups in total. The lowest BCUT2D eigenvalue weighted by Crippen LogP contribution is -2.38. The van der Waals surface area contributed by atoms with E-state index in [0.29, 0.717) is 6.54 Å². The average molecular weight is 334 g/mol. The molecule has 0 saturated heterocycles. The molecule has 2 rings (SSSR count). The Morgan fingerprint density at radius 1 is 1.48 bits per heavy atom. The molecule has 0 bridgehead atoms. The molecular formula is C17H26N4OS. The van der Waals surface area contributed by atoms with Crippen LogP contribution in [0.5, 0.6) is 0 Å². The van der Waals surface area contributed by atoms with Crippen molar-refractivity contribution in [3.8, 4) is 0 Å². The van der Waals surface area contributed by atoms with Gasteiger partial charge in [-0.2, -0.15) is 11.3 Å². The van der Waals surface area contributed by atoms with Crippen LogP contribution in [0.2, 0.25) is 0 Å². The van der Waals surface area contributed by atoms with Gasteiger partial charge in [0.2, 0.25) is 0 Å². The monoisotopic (exact) mass is 334 g/mol. The highest BCUT2D eigenvalue weighted by Gasteiger charge is 2.16. The van der Waals surface area contributed by atoms with Crippen molar-refractivity contribution in [1.29, 1.82) is 0 Å². The van der Waals surface area contributed by atoms with E-state index in [1.54, 1.807) is 11.3 Å². The van der Waals surface area contributed by atoms with Crippen LogP contribution in [0.15, 0.2) is 26.3 Å². The molecule has 0 aliphatic heterocycles. The molecule has 5 nitrogen and oxygen atoms in total. The van der Waals surface area contributed by atoms with E-state index in [4.69, 9.17) is 9.52 Å². The lowest BCUT2D eigenvalue weighted by molar-refractivity contribution is 0.391. The summed E-state index contributed by atoms with van der Waals surface area (Å²) in [6.45, 7) is 10.6. The van der Waals surface area contributed by atoms with Gasteiger partial charge in [-0.15, -0.1) is 0 Å². The number of nitrogens with zero attached hydrogens (tertiary/aromatic N) is 3. The number of thiophene rings is 1. The molecule has 6 heteroatoms. The van der Waals surface area contributed by atoms with Crippen LogP contribution < -0.4 is 5.32 Å². The molecule has 0 aromatic carbocycles. The molecule has 2 aromatic heterocycles. The fourth-order valence-electron chi connectivity index (χ4n) is 2.71. The Morgan fingerprint density at radius 3 is 2.83 bits per heavy atom. The second-order valence-corrected chi connectivity index (χ2v) is 6.60. The number of guanidine groups is 1. The third-order valence-electron chi connectivity index (χ3n) is 3.79. The first kappa shape index (κ1) is 17.5. The predicted molar refractivity (Wildman–Crippen MR) is 96.2 cm³/mol. The molecule has 0 fully saturated rings. The summed E-state index contributed by atoms with van der Waals surface area (Å²) in [6, 6.07) is 2.15. The van der Waals surface area contributed by atoms with Crippen LogP contribution in [0.1, 0.15) is 42.3 Å². The van der Waals surface area contributed by atoms with Gasteiger partial charge >= 0.3 is 0 Å². The molecule has 126 valence electrons. The fourth-order valence-corrected chi connectivity index (χ4v) is 3.37. The van der Waals surface area contributed by atoms with Crippen LogP contribution in [0.25, 0.3) is 0 Å². The summed E-state index contributed by atoms with van der Waals surface area (Å²) >= 11 is 1.72. The van der Waals surface area contributed by atoms with Crippen LogP contribution in [-0.2, 0) is 6.54 Å². The maximum Gasteiger partial charge on any atom is 0.193 e. The van der Waals surface area contributed by atoms with Crippen molar-refractivity contribution in [2.24, 2.45) is 4.99 Å². The van der Waals surface area contributed by atoms with Crippen molar-refractivity contribution in [3.05, 3.63) is 39.4 Å². The Bertz CT molecular complexity index is 614. The van der Waals surface area contributed by atoms with Gasteiger partial charge < -0.3 is 14.7 Å². The molecule has 2 aromatic rings. The highest BCUT2D eigenvalue weighted by Crippen LogP contribution is 2.23. The molecule has 2 heterocycles. The Morgan fingerprint density at radius 2 is 2.26 bits per heavy atom. The lowest BCUT2D eigenvalue weighted by atomic mass is 10.00. The third kappa shape index (κ3) is 4.58. The number of hydrogen-bond donors (Lipinski definition) is 1. The van der Waals surface area contributed by atoms with Gasteiger partial charge in [0, 0.05) is 38.2 Å². The lowest BCUT2D eigenvalue weighted by Gasteiger charge is -2.22. The second kappa shape index (κ2) is 8.15. The molecule has 23 heavy (non-hydrogen) atoms. The minimum Gasteiger partial charge on any atom is -0.361 e. The molecule has 1 unspecified atom stereocenters. The molecule has 0 aliphatic rings. The van der Waals surface area contributed by atoms with Crippen molar-refractivity contribution < 1.29 is 4.52 Å². The molecule has 0 saturated carbocycles. The standard InChI is InChI=1S/C17H26N4OS/c1-6-18-17(21(5)10-15-7-8-23-11-15)19-9-12(2)16-13(3)20-22-14(16)4/h7-8,11-12H,6,9-10H2,1-5H3,(H,18,19). The van der Waals surface area contributed by atoms with Gasteiger partial charge in [-0.3, -0.25) is 4.99 Å². The van der Waals surface area contributed by atoms with Crippen LogP contribution in [0.3, 0.4) is 0 Å². The molecule has 1 atom stereocenters. The van der Waals surface area contributed by atoms with Gasteiger partial charge in [0.25, 0.3) is 0 Å². The van der Waals surface area contributed by atoms with E-state index in [1.807, 2.05) is 13.8 Å². The van der Waals surface area contributed by atoms with Crippen molar-refractivity contribution in [2.45, 2.75) is 40.2 Å². The summed E-state index contributed by atoms with van der Waals surface area (Å²) in [5.41, 5.74) is 3.44. The van der Waals surface area contributed by atoms with Crippen molar-refractivity contribution in [1.82, 2.24) is 15.4 Å². The summed E-state index contributed by atoms with van der Waals surface area (Å²) in [4.78, 5) is 6.96. The Labute approximate surface area is 142 Å². The normalized spacial score (nSPS) is 13.2. The minimum absolute atomic E-state index is 0.282. The first-order chi connectivity index (χ1) is 11.0. The van der Waals surface area contributed by atoms with Crippen LogP contribution >= 0.6 is 11.3 Å². The summed E-state index contributed by atoms with van der Waals surface area (Å²) in [7, 11) is 2.07. The van der Waals surface area contributed by atoms with E-state index < -0.39 is 0 Å². The van der Waals surface area contributed by atoms with E-state index in [-0.39, 0.29) is 5.92 Å². The predicted octanol–water partition coefficient (Wildman–Crippen LogP) is 3.55. The van der Waals surface area contributed by atoms with E-state index in [9.17, 15) is 0 Å². The van der Waals surface area contributed by atoms with Gasteiger partial charge in [-0.05, 0) is 43.2 Å². The highest BCUT2D eigenvalue weighted by atomic mass is 32.1. The zero-order valence-electron chi connectivity index (χ0n) is 14.6. The number of rotatable bonds is 6. The van der Waals surface area contributed by atoms with Gasteiger partial charge in [-0.1, -0.05) is 12.1 Å². The molecule has 0 aliphatic carbocycles. The number of hydrogen-bond acceptors (Lipinski definition) is 4. The average Bonchev–Trinajstić information content (AvgIpc) is 3.13. The van der Waals surface area contributed by atoms with E-state index in [0.717, 1.165) is 30.5 Å². The van der Waals surface area contributed by atoms with Crippen LogP contribution in [0.4, 0.5) is 0 Å². The van der Waals surface area contributed by atoms with Crippen molar-refractivity contribution in [2.75, 3.05) is 20.1 Å². The summed E-state index contributed by atoms with van der Waals surface area (Å²) in [5, 5.41) is 11.7. The van der Waals surface area contributed by atoms with E-state index >= 15 is 0 Å². The maximum atomic E-state index is 5.26. The number of aliphatic imine (C=N–C) groups is 1. The van der Waals surface area contributed by atoms with Crippen molar-refractivity contribution >= 4 is 17.3 Å². The Balaban J connectivity index is 2.06. The first-order valence-electron chi connectivity index (χ1n) is 7.96. The van der Waals surface area contributed by atoms with Crippen molar-refractivity contribution in [3.63, 3.8) is 0 Å². The molecule has 0 spiro atoms. The summed E-state index contributed by atoms with van der Waals surface area (Å²) in [6.07, 6.45) is 0. The smallest absolute Gasteiger partial charge is 0.193 e. The molecular weight excluding hydrogens is 308 g/mol. The van der Waals surface area contributed by atoms with Crippen LogP contribution in [0, 0.1) is 13.8 Å². The SMILES string of the molecule is CCNC(=NCC(C)c1c(C)noc1C)N(C)Cc1ccsc1. The third-order valence-corrected chi connectivity index (χ3v) is 4.52. The van der Waals surface area contributed by atoms with Gasteiger partial charge in [0.1, 0.15) is 5.76 Å². The number of aryl methyl sites for hydroxylation is 2. The maximum absolute atomic E-state index is 5.26. The minimum atomic E-state index is 0.282. The Kier molecular flexibility index (Phi) is 6.21. The second-order valence-electron chi connectivity index (χ2n) is 5.82. The molecule has 0 amide bonds. The number of nitrogens with one attached hydrogen (secondary N) is 1.